The van der Waals surface area contributed by atoms with Crippen LogP contribution >= 0.6 is 0 Å². The minimum Gasteiger partial charge on any atom is -0.381 e. The van der Waals surface area contributed by atoms with Gasteiger partial charge in [0.1, 0.15) is 5.41 Å². The summed E-state index contributed by atoms with van der Waals surface area (Å²) >= 11 is 0. The molecule has 1 atom stereocenters. The number of ether oxygens (including phenoxy) is 2. The van der Waals surface area contributed by atoms with Crippen LogP contribution in [0.5, 0.6) is 0 Å². The van der Waals surface area contributed by atoms with Crippen LogP contribution in [0.3, 0.4) is 0 Å². The number of carbonyl (C=O) groups excluding carboxylic acids is 1. The summed E-state index contributed by atoms with van der Waals surface area (Å²) in [6.45, 7) is 7.01. The topological polar surface area (TPSA) is 74.6 Å². The molecule has 0 bridgehead atoms. The third-order valence-electron chi connectivity index (χ3n) is 4.16. The lowest BCUT2D eigenvalue weighted by Crippen LogP contribution is -2.50. The SMILES string of the molecule is CCN1CCOC(CNC(=O)C2(C#N)CCOCC2)C1. The fourth-order valence-corrected chi connectivity index (χ4v) is 2.68. The molecule has 2 rings (SSSR count). The van der Waals surface area contributed by atoms with Crippen LogP contribution in [0.4, 0.5) is 0 Å². The zero-order chi connectivity index (χ0) is 14.4. The fraction of sp³-hybridized carbons (Fsp3) is 0.857. The van der Waals surface area contributed by atoms with Crippen molar-refractivity contribution in [1.82, 2.24) is 10.2 Å². The van der Waals surface area contributed by atoms with Gasteiger partial charge in [0.25, 0.3) is 0 Å². The Bertz CT molecular complexity index is 374. The Kier molecular flexibility index (Phi) is 5.35. The molecular weight excluding hydrogens is 258 g/mol. The lowest BCUT2D eigenvalue weighted by atomic mass is 9.81. The maximum Gasteiger partial charge on any atom is 0.240 e. The minimum atomic E-state index is -0.919. The first-order valence-electron chi connectivity index (χ1n) is 7.31. The highest BCUT2D eigenvalue weighted by molar-refractivity contribution is 5.85. The van der Waals surface area contributed by atoms with E-state index in [1.165, 1.54) is 0 Å². The largest absolute Gasteiger partial charge is 0.381 e. The Hall–Kier alpha value is -1.16. The number of amides is 1. The van der Waals surface area contributed by atoms with Crippen LogP contribution in [0.1, 0.15) is 19.8 Å². The van der Waals surface area contributed by atoms with Crippen molar-refractivity contribution < 1.29 is 14.3 Å². The summed E-state index contributed by atoms with van der Waals surface area (Å²) in [7, 11) is 0. The number of nitrogens with one attached hydrogen (secondary N) is 1. The molecule has 1 unspecified atom stereocenters. The summed E-state index contributed by atoms with van der Waals surface area (Å²) in [5.41, 5.74) is -0.919. The van der Waals surface area contributed by atoms with E-state index in [0.717, 1.165) is 19.6 Å². The minimum absolute atomic E-state index is 0.0169. The Labute approximate surface area is 120 Å². The van der Waals surface area contributed by atoms with E-state index in [2.05, 4.69) is 23.2 Å². The first kappa shape index (κ1) is 15.2. The van der Waals surface area contributed by atoms with Crippen LogP contribution in [0.2, 0.25) is 0 Å². The number of nitriles is 1. The van der Waals surface area contributed by atoms with Gasteiger partial charge in [-0.15, -0.1) is 0 Å². The molecular formula is C14H23N3O3. The van der Waals surface area contributed by atoms with Gasteiger partial charge in [0.2, 0.25) is 5.91 Å². The second-order valence-corrected chi connectivity index (χ2v) is 5.40. The number of morpholine rings is 1. The first-order valence-corrected chi connectivity index (χ1v) is 7.31. The van der Waals surface area contributed by atoms with Gasteiger partial charge in [-0.2, -0.15) is 5.26 Å². The molecule has 0 radical (unpaired) electrons. The van der Waals surface area contributed by atoms with Gasteiger partial charge < -0.3 is 14.8 Å². The zero-order valence-electron chi connectivity index (χ0n) is 12.1. The highest BCUT2D eigenvalue weighted by Crippen LogP contribution is 2.29. The van der Waals surface area contributed by atoms with Crippen molar-refractivity contribution in [2.24, 2.45) is 5.41 Å². The molecule has 0 aromatic carbocycles. The predicted octanol–water partition coefficient (Wildman–Crippen LogP) is 0.144. The Morgan fingerprint density at radius 1 is 1.45 bits per heavy atom. The summed E-state index contributed by atoms with van der Waals surface area (Å²) in [4.78, 5) is 14.6. The number of carbonyl (C=O) groups is 1. The van der Waals surface area contributed by atoms with Crippen molar-refractivity contribution in [3.8, 4) is 6.07 Å². The number of rotatable bonds is 4. The molecule has 0 aromatic heterocycles. The van der Waals surface area contributed by atoms with E-state index < -0.39 is 5.41 Å². The van der Waals surface area contributed by atoms with Gasteiger partial charge >= 0.3 is 0 Å². The Morgan fingerprint density at radius 2 is 2.20 bits per heavy atom. The second kappa shape index (κ2) is 7.02. The third-order valence-corrected chi connectivity index (χ3v) is 4.16. The molecule has 2 aliphatic rings. The van der Waals surface area contributed by atoms with Crippen LogP contribution in [0, 0.1) is 16.7 Å². The van der Waals surface area contributed by atoms with Gasteiger partial charge in [-0.25, -0.2) is 0 Å². The smallest absolute Gasteiger partial charge is 0.240 e. The molecule has 6 heteroatoms. The molecule has 2 heterocycles. The van der Waals surface area contributed by atoms with E-state index in [1.54, 1.807) is 0 Å². The van der Waals surface area contributed by atoms with Gasteiger partial charge in [0, 0.05) is 32.8 Å². The van der Waals surface area contributed by atoms with Gasteiger partial charge in [0.15, 0.2) is 0 Å². The summed E-state index contributed by atoms with van der Waals surface area (Å²) < 4.78 is 10.9. The average Bonchev–Trinajstić information content (AvgIpc) is 2.53. The second-order valence-electron chi connectivity index (χ2n) is 5.40. The van der Waals surface area contributed by atoms with Gasteiger partial charge in [0.05, 0.1) is 18.8 Å². The van der Waals surface area contributed by atoms with Crippen molar-refractivity contribution in [2.45, 2.75) is 25.9 Å². The summed E-state index contributed by atoms with van der Waals surface area (Å²) in [5.74, 6) is -0.180. The first-order chi connectivity index (χ1) is 9.70. The quantitative estimate of drug-likeness (QED) is 0.793. The number of nitrogens with zero attached hydrogens (tertiary/aromatic N) is 2. The number of hydrogen-bond acceptors (Lipinski definition) is 5. The molecule has 112 valence electrons. The standard InChI is InChI=1S/C14H23N3O3/c1-2-17-5-8-20-12(10-17)9-16-13(18)14(11-15)3-6-19-7-4-14/h12H,2-10H2,1H3,(H,16,18). The lowest BCUT2D eigenvalue weighted by Gasteiger charge is -2.33. The van der Waals surface area contributed by atoms with Crippen LogP contribution < -0.4 is 5.32 Å². The highest BCUT2D eigenvalue weighted by atomic mass is 16.5. The van der Waals surface area contributed by atoms with E-state index in [0.29, 0.717) is 39.2 Å². The van der Waals surface area contributed by atoms with E-state index in [1.807, 2.05) is 0 Å². The zero-order valence-corrected chi connectivity index (χ0v) is 12.1. The van der Waals surface area contributed by atoms with Crippen molar-refractivity contribution >= 4 is 5.91 Å². The van der Waals surface area contributed by atoms with Crippen molar-refractivity contribution in [2.75, 3.05) is 46.0 Å². The lowest BCUT2D eigenvalue weighted by molar-refractivity contribution is -0.133. The molecule has 20 heavy (non-hydrogen) atoms. The molecule has 1 amide bonds. The Balaban J connectivity index is 1.83. The van der Waals surface area contributed by atoms with Crippen molar-refractivity contribution in [1.29, 1.82) is 5.26 Å². The van der Waals surface area contributed by atoms with Gasteiger partial charge in [-0.3, -0.25) is 9.69 Å². The van der Waals surface area contributed by atoms with E-state index in [-0.39, 0.29) is 12.0 Å². The van der Waals surface area contributed by atoms with Gasteiger partial charge in [-0.1, -0.05) is 6.92 Å². The summed E-state index contributed by atoms with van der Waals surface area (Å²) in [5, 5.41) is 12.2. The Morgan fingerprint density at radius 3 is 2.85 bits per heavy atom. The predicted molar refractivity (Wildman–Crippen MR) is 73.0 cm³/mol. The van der Waals surface area contributed by atoms with E-state index in [4.69, 9.17) is 9.47 Å². The molecule has 2 aliphatic heterocycles. The maximum absolute atomic E-state index is 12.3. The molecule has 0 aliphatic carbocycles. The molecule has 0 aromatic rings. The number of hydrogen-bond donors (Lipinski definition) is 1. The number of likely N-dealkylation sites (N-methyl/N-ethyl adjacent to an activating group) is 1. The van der Waals surface area contributed by atoms with E-state index in [9.17, 15) is 10.1 Å². The fourth-order valence-electron chi connectivity index (χ4n) is 2.68. The van der Waals surface area contributed by atoms with E-state index >= 15 is 0 Å². The molecule has 1 N–H and O–H groups in total. The van der Waals surface area contributed by atoms with Crippen LogP contribution in [-0.4, -0.2) is 62.9 Å². The maximum atomic E-state index is 12.3. The monoisotopic (exact) mass is 281 g/mol. The average molecular weight is 281 g/mol. The van der Waals surface area contributed by atoms with Crippen LogP contribution in [0.25, 0.3) is 0 Å². The van der Waals surface area contributed by atoms with Crippen LogP contribution in [0.15, 0.2) is 0 Å². The van der Waals surface area contributed by atoms with Crippen molar-refractivity contribution in [3.63, 3.8) is 0 Å². The molecule has 2 fully saturated rings. The third kappa shape index (κ3) is 3.48. The molecule has 0 spiro atoms. The van der Waals surface area contributed by atoms with Crippen molar-refractivity contribution in [3.05, 3.63) is 0 Å². The van der Waals surface area contributed by atoms with Gasteiger partial charge in [-0.05, 0) is 19.4 Å². The summed E-state index contributed by atoms with van der Waals surface area (Å²) in [6, 6.07) is 2.18. The highest BCUT2D eigenvalue weighted by Gasteiger charge is 2.40. The molecule has 2 saturated heterocycles. The summed E-state index contributed by atoms with van der Waals surface area (Å²) in [6.07, 6.45) is 0.965. The molecule has 6 nitrogen and oxygen atoms in total. The normalized spacial score (nSPS) is 26.7. The van der Waals surface area contributed by atoms with Crippen LogP contribution in [-0.2, 0) is 14.3 Å². The molecule has 0 saturated carbocycles.